The van der Waals surface area contributed by atoms with Gasteiger partial charge in [0.2, 0.25) is 0 Å². The standard InChI is InChI=1S/C26H38N6.HI/c1-27-26(32-19-17-31(18-20-32)25-7-4-3-5-8-25)28-21-23-9-11-24(12-10-23)22-30-14-6-13-29(2)15-16-30;/h3-5,7-12H,6,13-22H2,1-2H3,(H,27,28);1H. The quantitative estimate of drug-likeness (QED) is 0.344. The lowest BCUT2D eigenvalue weighted by molar-refractivity contribution is 0.269. The predicted molar refractivity (Wildman–Crippen MR) is 150 cm³/mol. The van der Waals surface area contributed by atoms with E-state index in [2.05, 4.69) is 91.6 Å². The number of piperazine rings is 1. The summed E-state index contributed by atoms with van der Waals surface area (Å²) in [5.41, 5.74) is 4.01. The molecule has 2 fully saturated rings. The minimum atomic E-state index is 0. The van der Waals surface area contributed by atoms with Gasteiger partial charge in [-0.1, -0.05) is 42.5 Å². The average Bonchev–Trinajstić information content (AvgIpc) is 3.05. The Labute approximate surface area is 216 Å². The lowest BCUT2D eigenvalue weighted by atomic mass is 10.1. The highest BCUT2D eigenvalue weighted by atomic mass is 127. The SMILES string of the molecule is CN=C(NCc1ccc(CN2CCCN(C)CC2)cc1)N1CCN(c2ccccc2)CC1.I. The molecular weight excluding hydrogens is 523 g/mol. The number of nitrogens with zero attached hydrogens (tertiary/aromatic N) is 5. The fourth-order valence-corrected chi connectivity index (χ4v) is 4.61. The van der Waals surface area contributed by atoms with E-state index < -0.39 is 0 Å². The normalized spacial score (nSPS) is 18.5. The van der Waals surface area contributed by atoms with Crippen LogP contribution in [-0.4, -0.2) is 87.1 Å². The van der Waals surface area contributed by atoms with Gasteiger partial charge in [0.15, 0.2) is 5.96 Å². The molecule has 180 valence electrons. The molecule has 0 bridgehead atoms. The predicted octanol–water partition coefficient (Wildman–Crippen LogP) is 3.34. The maximum atomic E-state index is 4.54. The van der Waals surface area contributed by atoms with Crippen molar-refractivity contribution in [2.45, 2.75) is 19.5 Å². The summed E-state index contributed by atoms with van der Waals surface area (Å²) >= 11 is 0. The highest BCUT2D eigenvalue weighted by molar-refractivity contribution is 14.0. The second kappa shape index (κ2) is 13.2. The van der Waals surface area contributed by atoms with Gasteiger partial charge < -0.3 is 20.0 Å². The van der Waals surface area contributed by atoms with Crippen LogP contribution in [0.2, 0.25) is 0 Å². The smallest absolute Gasteiger partial charge is 0.194 e. The first kappa shape index (κ1) is 25.8. The third-order valence-corrected chi connectivity index (χ3v) is 6.60. The molecular formula is C26H39IN6. The van der Waals surface area contributed by atoms with Gasteiger partial charge >= 0.3 is 0 Å². The number of likely N-dealkylation sites (N-methyl/N-ethyl adjacent to an activating group) is 1. The van der Waals surface area contributed by atoms with Gasteiger partial charge in [-0.05, 0) is 49.8 Å². The molecule has 0 aliphatic carbocycles. The number of hydrogen-bond donors (Lipinski definition) is 1. The first-order chi connectivity index (χ1) is 15.7. The van der Waals surface area contributed by atoms with E-state index in [1.165, 1.54) is 42.9 Å². The van der Waals surface area contributed by atoms with E-state index in [9.17, 15) is 0 Å². The van der Waals surface area contributed by atoms with Crippen LogP contribution in [-0.2, 0) is 13.1 Å². The zero-order valence-electron chi connectivity index (χ0n) is 20.1. The van der Waals surface area contributed by atoms with E-state index >= 15 is 0 Å². The highest BCUT2D eigenvalue weighted by Crippen LogP contribution is 2.16. The molecule has 1 N–H and O–H groups in total. The number of para-hydroxylation sites is 1. The van der Waals surface area contributed by atoms with Crippen LogP contribution in [0.15, 0.2) is 59.6 Å². The molecule has 7 heteroatoms. The zero-order chi connectivity index (χ0) is 22.2. The Morgan fingerprint density at radius 1 is 0.818 bits per heavy atom. The minimum absolute atomic E-state index is 0. The third kappa shape index (κ3) is 7.58. The molecule has 0 atom stereocenters. The van der Waals surface area contributed by atoms with Gasteiger partial charge in [-0.3, -0.25) is 9.89 Å². The van der Waals surface area contributed by atoms with Gasteiger partial charge in [-0.15, -0.1) is 24.0 Å². The molecule has 2 aliphatic rings. The van der Waals surface area contributed by atoms with Crippen molar-refractivity contribution in [2.24, 2.45) is 4.99 Å². The summed E-state index contributed by atoms with van der Waals surface area (Å²) in [6.45, 7) is 10.6. The summed E-state index contributed by atoms with van der Waals surface area (Å²) in [6, 6.07) is 19.8. The Hall–Kier alpha value is -1.84. The van der Waals surface area contributed by atoms with Gasteiger partial charge in [0, 0.05) is 65.1 Å². The second-order valence-corrected chi connectivity index (χ2v) is 8.96. The van der Waals surface area contributed by atoms with Gasteiger partial charge in [-0.25, -0.2) is 0 Å². The molecule has 0 unspecified atom stereocenters. The van der Waals surface area contributed by atoms with E-state index in [0.29, 0.717) is 0 Å². The molecule has 2 saturated heterocycles. The molecule has 4 rings (SSSR count). The lowest BCUT2D eigenvalue weighted by Gasteiger charge is -2.37. The lowest BCUT2D eigenvalue weighted by Crippen LogP contribution is -2.52. The number of benzene rings is 2. The van der Waals surface area contributed by atoms with Crippen molar-refractivity contribution < 1.29 is 0 Å². The van der Waals surface area contributed by atoms with Crippen LogP contribution in [0.5, 0.6) is 0 Å². The van der Waals surface area contributed by atoms with E-state index in [0.717, 1.165) is 51.8 Å². The van der Waals surface area contributed by atoms with Crippen molar-refractivity contribution in [1.82, 2.24) is 20.0 Å². The number of rotatable bonds is 5. The topological polar surface area (TPSA) is 37.4 Å². The van der Waals surface area contributed by atoms with Crippen LogP contribution in [0.25, 0.3) is 0 Å². The van der Waals surface area contributed by atoms with Gasteiger partial charge in [0.1, 0.15) is 0 Å². The first-order valence-corrected chi connectivity index (χ1v) is 12.0. The molecule has 2 aromatic rings. The van der Waals surface area contributed by atoms with Crippen molar-refractivity contribution in [3.63, 3.8) is 0 Å². The molecule has 0 aromatic heterocycles. The minimum Gasteiger partial charge on any atom is -0.368 e. The number of halogens is 1. The second-order valence-electron chi connectivity index (χ2n) is 8.96. The van der Waals surface area contributed by atoms with Crippen LogP contribution in [0.3, 0.4) is 0 Å². The summed E-state index contributed by atoms with van der Waals surface area (Å²) in [4.78, 5) is 14.4. The van der Waals surface area contributed by atoms with Crippen LogP contribution < -0.4 is 10.2 Å². The van der Waals surface area contributed by atoms with Crippen molar-refractivity contribution >= 4 is 35.6 Å². The summed E-state index contributed by atoms with van der Waals surface area (Å²) in [7, 11) is 4.11. The maximum Gasteiger partial charge on any atom is 0.194 e. The van der Waals surface area contributed by atoms with Crippen LogP contribution >= 0.6 is 24.0 Å². The molecule has 0 radical (unpaired) electrons. The summed E-state index contributed by atoms with van der Waals surface area (Å²) < 4.78 is 0. The average molecular weight is 563 g/mol. The summed E-state index contributed by atoms with van der Waals surface area (Å²) in [5.74, 6) is 0.996. The number of anilines is 1. The van der Waals surface area contributed by atoms with Gasteiger partial charge in [-0.2, -0.15) is 0 Å². The molecule has 0 spiro atoms. The summed E-state index contributed by atoms with van der Waals surface area (Å²) in [5, 5.41) is 3.57. The Balaban J connectivity index is 0.00000306. The van der Waals surface area contributed by atoms with Crippen LogP contribution in [0, 0.1) is 0 Å². The Morgan fingerprint density at radius 3 is 2.21 bits per heavy atom. The maximum absolute atomic E-state index is 4.54. The van der Waals surface area contributed by atoms with Crippen molar-refractivity contribution in [3.8, 4) is 0 Å². The number of guanidine groups is 1. The Bertz CT molecular complexity index is 849. The van der Waals surface area contributed by atoms with Crippen molar-refractivity contribution in [1.29, 1.82) is 0 Å². The van der Waals surface area contributed by atoms with E-state index in [4.69, 9.17) is 0 Å². The molecule has 0 saturated carbocycles. The number of aliphatic imine (C=N–C) groups is 1. The Kier molecular flexibility index (Phi) is 10.3. The third-order valence-electron chi connectivity index (χ3n) is 6.60. The number of nitrogens with one attached hydrogen (secondary N) is 1. The number of hydrogen-bond acceptors (Lipinski definition) is 4. The van der Waals surface area contributed by atoms with Crippen LogP contribution in [0.4, 0.5) is 5.69 Å². The first-order valence-electron chi connectivity index (χ1n) is 12.0. The van der Waals surface area contributed by atoms with Crippen molar-refractivity contribution in [2.75, 3.05) is 71.4 Å². The van der Waals surface area contributed by atoms with Gasteiger partial charge in [0.05, 0.1) is 0 Å². The Morgan fingerprint density at radius 2 is 1.52 bits per heavy atom. The van der Waals surface area contributed by atoms with Crippen LogP contribution in [0.1, 0.15) is 17.5 Å². The van der Waals surface area contributed by atoms with Crippen molar-refractivity contribution in [3.05, 3.63) is 65.7 Å². The largest absolute Gasteiger partial charge is 0.368 e. The summed E-state index contributed by atoms with van der Waals surface area (Å²) in [6.07, 6.45) is 1.26. The molecule has 33 heavy (non-hydrogen) atoms. The molecule has 6 nitrogen and oxygen atoms in total. The van der Waals surface area contributed by atoms with E-state index in [1.54, 1.807) is 0 Å². The van der Waals surface area contributed by atoms with Gasteiger partial charge in [0.25, 0.3) is 0 Å². The molecule has 2 aromatic carbocycles. The highest BCUT2D eigenvalue weighted by Gasteiger charge is 2.19. The monoisotopic (exact) mass is 562 g/mol. The zero-order valence-corrected chi connectivity index (χ0v) is 22.4. The molecule has 2 heterocycles. The fraction of sp³-hybridized carbons (Fsp3) is 0.500. The van der Waals surface area contributed by atoms with E-state index in [1.807, 2.05) is 7.05 Å². The fourth-order valence-electron chi connectivity index (χ4n) is 4.61. The molecule has 0 amide bonds. The van der Waals surface area contributed by atoms with E-state index in [-0.39, 0.29) is 24.0 Å². The molecule has 2 aliphatic heterocycles.